The summed E-state index contributed by atoms with van der Waals surface area (Å²) in [6.45, 7) is 3.74. The number of amides is 2. The predicted molar refractivity (Wildman–Crippen MR) is 131 cm³/mol. The Balaban J connectivity index is 1.53. The van der Waals surface area contributed by atoms with Crippen molar-refractivity contribution in [1.82, 2.24) is 9.97 Å². The molecule has 0 spiro atoms. The summed E-state index contributed by atoms with van der Waals surface area (Å²) in [4.78, 5) is 34.3. The molecule has 166 valence electrons. The molecule has 2 amide bonds. The fraction of sp³-hybridized carbons (Fsp3) is 0.192. The third-order valence-electron chi connectivity index (χ3n) is 5.98. The van der Waals surface area contributed by atoms with Gasteiger partial charge >= 0.3 is 0 Å². The first-order valence-electron chi connectivity index (χ1n) is 10.9. The van der Waals surface area contributed by atoms with E-state index in [1.807, 2.05) is 38.1 Å². The van der Waals surface area contributed by atoms with Crippen LogP contribution in [0.1, 0.15) is 56.4 Å². The lowest BCUT2D eigenvalue weighted by Gasteiger charge is -2.12. The highest BCUT2D eigenvalue weighted by atomic mass is 35.5. The molecule has 1 saturated carbocycles. The standard InChI is InChI=1S/C26H23ClN4O2/c1-14-6-3-4-7-18(14)25(32)28-17-12-19(23-22(13-17)29-24(31-23)16-10-11-16)26(33)30-21-9-5-8-20(27)15(21)2/h3-9,12-13,16H,10-11H2,1-2H3,(H,28,32)(H,29,31)(H,30,33). The maximum absolute atomic E-state index is 13.3. The van der Waals surface area contributed by atoms with E-state index in [4.69, 9.17) is 16.6 Å². The van der Waals surface area contributed by atoms with Crippen LogP contribution in [0.25, 0.3) is 11.0 Å². The Hall–Kier alpha value is -3.64. The summed E-state index contributed by atoms with van der Waals surface area (Å²) in [6.07, 6.45) is 2.17. The second-order valence-corrected chi connectivity index (χ2v) is 8.86. The van der Waals surface area contributed by atoms with E-state index in [0.29, 0.717) is 44.5 Å². The molecule has 0 saturated heterocycles. The van der Waals surface area contributed by atoms with E-state index < -0.39 is 0 Å². The zero-order chi connectivity index (χ0) is 23.1. The first-order chi connectivity index (χ1) is 15.9. The Morgan fingerprint density at radius 3 is 2.48 bits per heavy atom. The van der Waals surface area contributed by atoms with Crippen LogP contribution < -0.4 is 10.6 Å². The molecule has 33 heavy (non-hydrogen) atoms. The van der Waals surface area contributed by atoms with Crippen LogP contribution in [0.15, 0.2) is 54.6 Å². The minimum atomic E-state index is -0.314. The van der Waals surface area contributed by atoms with Crippen LogP contribution in [0.5, 0.6) is 0 Å². The van der Waals surface area contributed by atoms with Crippen LogP contribution in [-0.4, -0.2) is 21.8 Å². The molecule has 0 unspecified atom stereocenters. The summed E-state index contributed by atoms with van der Waals surface area (Å²) in [5, 5.41) is 6.46. The second kappa shape index (κ2) is 8.37. The van der Waals surface area contributed by atoms with Gasteiger partial charge in [0.1, 0.15) is 11.3 Å². The monoisotopic (exact) mass is 458 g/mol. The molecule has 5 rings (SSSR count). The first-order valence-corrected chi connectivity index (χ1v) is 11.3. The van der Waals surface area contributed by atoms with Crippen molar-refractivity contribution in [3.05, 3.63) is 87.7 Å². The molecule has 3 N–H and O–H groups in total. The molecule has 1 aliphatic rings. The highest BCUT2D eigenvalue weighted by Crippen LogP contribution is 2.39. The Morgan fingerprint density at radius 1 is 0.970 bits per heavy atom. The van der Waals surface area contributed by atoms with Crippen LogP contribution in [0.3, 0.4) is 0 Å². The number of aryl methyl sites for hydroxylation is 1. The molecule has 4 aromatic rings. The highest BCUT2D eigenvalue weighted by Gasteiger charge is 2.28. The van der Waals surface area contributed by atoms with Gasteiger partial charge in [-0.25, -0.2) is 4.98 Å². The molecule has 1 aliphatic carbocycles. The van der Waals surface area contributed by atoms with Gasteiger partial charge in [-0.1, -0.05) is 35.9 Å². The fourth-order valence-corrected chi connectivity index (χ4v) is 4.07. The average Bonchev–Trinajstić information content (AvgIpc) is 3.55. The molecular formula is C26H23ClN4O2. The molecule has 1 heterocycles. The third kappa shape index (κ3) is 4.22. The van der Waals surface area contributed by atoms with Crippen LogP contribution in [0.4, 0.5) is 11.4 Å². The number of nitrogens with zero attached hydrogens (tertiary/aromatic N) is 1. The lowest BCUT2D eigenvalue weighted by molar-refractivity contribution is 0.101. The molecule has 0 bridgehead atoms. The molecule has 0 atom stereocenters. The van der Waals surface area contributed by atoms with E-state index in [0.717, 1.165) is 29.8 Å². The van der Waals surface area contributed by atoms with E-state index in [1.165, 1.54) is 0 Å². The van der Waals surface area contributed by atoms with Gasteiger partial charge < -0.3 is 15.6 Å². The van der Waals surface area contributed by atoms with Crippen LogP contribution in [0.2, 0.25) is 5.02 Å². The van der Waals surface area contributed by atoms with Crippen molar-refractivity contribution in [2.45, 2.75) is 32.6 Å². The van der Waals surface area contributed by atoms with Gasteiger partial charge in [0.2, 0.25) is 0 Å². The topological polar surface area (TPSA) is 86.9 Å². The number of aromatic amines is 1. The molecule has 0 aliphatic heterocycles. The van der Waals surface area contributed by atoms with Gasteiger partial charge in [0.05, 0.1) is 11.1 Å². The molecule has 6 nitrogen and oxygen atoms in total. The number of carbonyl (C=O) groups excluding carboxylic acids is 2. The van der Waals surface area contributed by atoms with E-state index >= 15 is 0 Å². The van der Waals surface area contributed by atoms with Crippen molar-refractivity contribution < 1.29 is 9.59 Å². The summed E-state index contributed by atoms with van der Waals surface area (Å²) < 4.78 is 0. The fourth-order valence-electron chi connectivity index (χ4n) is 3.89. The molecule has 7 heteroatoms. The van der Waals surface area contributed by atoms with Crippen LogP contribution >= 0.6 is 11.6 Å². The number of imidazole rings is 1. The quantitative estimate of drug-likeness (QED) is 0.332. The number of halogens is 1. The Bertz CT molecular complexity index is 1400. The molecular weight excluding hydrogens is 436 g/mol. The van der Waals surface area contributed by atoms with Crippen molar-refractivity contribution in [1.29, 1.82) is 0 Å². The molecule has 1 aromatic heterocycles. The summed E-state index contributed by atoms with van der Waals surface area (Å²) in [7, 11) is 0. The summed E-state index contributed by atoms with van der Waals surface area (Å²) in [5.41, 5.74) is 5.09. The van der Waals surface area contributed by atoms with Gasteiger partial charge in [-0.3, -0.25) is 9.59 Å². The Labute approximate surface area is 196 Å². The summed E-state index contributed by atoms with van der Waals surface area (Å²) >= 11 is 6.22. The number of H-pyrrole nitrogens is 1. The van der Waals surface area contributed by atoms with E-state index in [9.17, 15) is 9.59 Å². The number of anilines is 2. The number of carbonyl (C=O) groups is 2. The van der Waals surface area contributed by atoms with Crippen molar-refractivity contribution >= 4 is 45.8 Å². The average molecular weight is 459 g/mol. The van der Waals surface area contributed by atoms with Gasteiger partial charge in [0.25, 0.3) is 11.8 Å². The normalized spacial score (nSPS) is 13.2. The number of hydrogen-bond donors (Lipinski definition) is 3. The van der Waals surface area contributed by atoms with E-state index in [-0.39, 0.29) is 11.8 Å². The third-order valence-corrected chi connectivity index (χ3v) is 6.39. The first kappa shape index (κ1) is 21.2. The zero-order valence-electron chi connectivity index (χ0n) is 18.3. The number of aromatic nitrogens is 2. The van der Waals surface area contributed by atoms with Crippen molar-refractivity contribution in [2.75, 3.05) is 10.6 Å². The molecule has 3 aromatic carbocycles. The lowest BCUT2D eigenvalue weighted by Crippen LogP contribution is -2.16. The van der Waals surface area contributed by atoms with Gasteiger partial charge in [0, 0.05) is 27.9 Å². The maximum Gasteiger partial charge on any atom is 0.258 e. The summed E-state index contributed by atoms with van der Waals surface area (Å²) in [5.74, 6) is 0.728. The number of fused-ring (bicyclic) bond motifs is 1. The SMILES string of the molecule is Cc1ccccc1C(=O)Nc1cc(C(=O)Nc2cccc(Cl)c2C)c2nc(C3CC3)[nH]c2c1. The highest BCUT2D eigenvalue weighted by molar-refractivity contribution is 6.31. The predicted octanol–water partition coefficient (Wildman–Crippen LogP) is 6.22. The van der Waals surface area contributed by atoms with Crippen LogP contribution in [0, 0.1) is 13.8 Å². The van der Waals surface area contributed by atoms with Gasteiger partial charge in [-0.2, -0.15) is 0 Å². The Kier molecular flexibility index (Phi) is 5.38. The minimum Gasteiger partial charge on any atom is -0.342 e. The number of nitrogens with one attached hydrogen (secondary N) is 3. The smallest absolute Gasteiger partial charge is 0.258 e. The molecule has 1 fully saturated rings. The maximum atomic E-state index is 13.3. The summed E-state index contributed by atoms with van der Waals surface area (Å²) in [6, 6.07) is 16.3. The number of hydrogen-bond acceptors (Lipinski definition) is 3. The van der Waals surface area contributed by atoms with Crippen molar-refractivity contribution in [2.24, 2.45) is 0 Å². The molecule has 0 radical (unpaired) electrons. The Morgan fingerprint density at radius 2 is 1.73 bits per heavy atom. The van der Waals surface area contributed by atoms with E-state index in [1.54, 1.807) is 30.3 Å². The van der Waals surface area contributed by atoms with E-state index in [2.05, 4.69) is 15.6 Å². The lowest BCUT2D eigenvalue weighted by atomic mass is 10.1. The number of rotatable bonds is 5. The zero-order valence-corrected chi connectivity index (χ0v) is 19.1. The minimum absolute atomic E-state index is 0.230. The largest absolute Gasteiger partial charge is 0.342 e. The van der Waals surface area contributed by atoms with Gasteiger partial charge in [-0.15, -0.1) is 0 Å². The second-order valence-electron chi connectivity index (χ2n) is 8.45. The van der Waals surface area contributed by atoms with Gasteiger partial charge in [-0.05, 0) is 68.1 Å². The van der Waals surface area contributed by atoms with Crippen molar-refractivity contribution in [3.63, 3.8) is 0 Å². The van der Waals surface area contributed by atoms with Gasteiger partial charge in [0.15, 0.2) is 0 Å². The van der Waals surface area contributed by atoms with Crippen LogP contribution in [-0.2, 0) is 0 Å². The number of benzene rings is 3. The van der Waals surface area contributed by atoms with Crippen molar-refractivity contribution in [3.8, 4) is 0 Å².